The molecule has 1 saturated carbocycles. The van der Waals surface area contributed by atoms with Crippen molar-refractivity contribution in [3.8, 4) is 0 Å². The molecule has 1 fully saturated rings. The number of rotatable bonds is 6. The molecule has 0 amide bonds. The predicted octanol–water partition coefficient (Wildman–Crippen LogP) is 6.29. The second-order valence-corrected chi connectivity index (χ2v) is 8.68. The first-order valence-electron chi connectivity index (χ1n) is 10.5. The number of hydrogen-bond acceptors (Lipinski definition) is 4. The lowest BCUT2D eigenvalue weighted by molar-refractivity contribution is 0.412. The van der Waals surface area contributed by atoms with E-state index in [0.717, 1.165) is 35.5 Å². The summed E-state index contributed by atoms with van der Waals surface area (Å²) in [7, 11) is 0. The lowest BCUT2D eigenvalue weighted by Gasteiger charge is -2.28. The quantitative estimate of drug-likeness (QED) is 0.551. The van der Waals surface area contributed by atoms with E-state index in [-0.39, 0.29) is 11.5 Å². The van der Waals surface area contributed by atoms with Crippen LogP contribution in [0.15, 0.2) is 48.2 Å². The third-order valence-electron chi connectivity index (χ3n) is 6.41. The van der Waals surface area contributed by atoms with Crippen molar-refractivity contribution in [3.63, 3.8) is 0 Å². The highest BCUT2D eigenvalue weighted by Crippen LogP contribution is 2.43. The summed E-state index contributed by atoms with van der Waals surface area (Å²) in [6.07, 6.45) is 15.2. The molecule has 2 aliphatic rings. The normalized spacial score (nSPS) is 18.7. The van der Waals surface area contributed by atoms with Crippen LogP contribution in [0.3, 0.4) is 0 Å². The molecule has 2 aliphatic carbocycles. The minimum absolute atomic E-state index is 0.205. The first-order chi connectivity index (χ1) is 14.0. The van der Waals surface area contributed by atoms with Crippen LogP contribution in [-0.2, 0) is 5.41 Å². The number of nitrogens with two attached hydrogens (primary N) is 1. The zero-order chi connectivity index (χ0) is 20.4. The molecule has 0 radical (unpaired) electrons. The molecular formula is C24H29ClN4. The minimum Gasteiger partial charge on any atom is -0.340 e. The van der Waals surface area contributed by atoms with E-state index >= 15 is 0 Å². The highest BCUT2D eigenvalue weighted by molar-refractivity contribution is 6.29. The van der Waals surface area contributed by atoms with Crippen LogP contribution in [0.4, 0.5) is 11.5 Å². The van der Waals surface area contributed by atoms with Crippen molar-refractivity contribution >= 4 is 23.1 Å². The average molecular weight is 409 g/mol. The van der Waals surface area contributed by atoms with Crippen molar-refractivity contribution in [2.45, 2.75) is 63.8 Å². The smallest absolute Gasteiger partial charge is 0.131 e. The number of allylic oxidation sites excluding steroid dienone is 2. The lowest BCUT2D eigenvalue weighted by Crippen LogP contribution is -2.23. The van der Waals surface area contributed by atoms with Crippen LogP contribution in [-0.4, -0.2) is 9.97 Å². The Kier molecular flexibility index (Phi) is 5.75. The fraction of sp³-hybridized carbons (Fsp3) is 0.417. The maximum atomic E-state index is 6.54. The molecule has 152 valence electrons. The van der Waals surface area contributed by atoms with Gasteiger partial charge in [-0.1, -0.05) is 49.6 Å². The molecule has 4 nitrogen and oxygen atoms in total. The molecule has 29 heavy (non-hydrogen) atoms. The molecule has 0 bridgehead atoms. The van der Waals surface area contributed by atoms with Gasteiger partial charge in [-0.3, -0.25) is 0 Å². The standard InChI is InChI=1S/C24H29ClN4/c1-3-24(10-6-7-11-24)20-12-16(2)13-22(29-20)28-19-14-21(25)27-15-18(19)23(26)17-8-4-5-9-17/h4,8-9,12-15,23H,3,5-7,10-11,26H2,1-2H3,(H,27,28,29). The molecule has 5 heteroatoms. The van der Waals surface area contributed by atoms with Gasteiger partial charge < -0.3 is 11.1 Å². The SMILES string of the molecule is CCC1(c2cc(C)cc(Nc3cc(Cl)ncc3C(N)C3=CCC=C3)n2)CCCC1. The largest absolute Gasteiger partial charge is 0.340 e. The van der Waals surface area contributed by atoms with E-state index in [9.17, 15) is 0 Å². The maximum absolute atomic E-state index is 6.54. The van der Waals surface area contributed by atoms with E-state index in [2.05, 4.69) is 54.5 Å². The van der Waals surface area contributed by atoms with E-state index in [1.165, 1.54) is 36.9 Å². The number of nitrogens with zero attached hydrogens (tertiary/aromatic N) is 2. The summed E-state index contributed by atoms with van der Waals surface area (Å²) in [6, 6.07) is 5.92. The summed E-state index contributed by atoms with van der Waals surface area (Å²) >= 11 is 6.22. The van der Waals surface area contributed by atoms with Gasteiger partial charge in [-0.05, 0) is 61.9 Å². The Labute approximate surface area is 178 Å². The third kappa shape index (κ3) is 4.10. The van der Waals surface area contributed by atoms with Gasteiger partial charge in [0.2, 0.25) is 0 Å². The summed E-state index contributed by atoms with van der Waals surface area (Å²) in [5, 5.41) is 3.93. The van der Waals surface area contributed by atoms with E-state index in [1.807, 2.05) is 6.07 Å². The second kappa shape index (κ2) is 8.29. The van der Waals surface area contributed by atoms with Crippen molar-refractivity contribution in [1.29, 1.82) is 0 Å². The Hall–Kier alpha value is -2.17. The Bertz CT molecular complexity index is 957. The fourth-order valence-corrected chi connectivity index (χ4v) is 4.82. The first kappa shape index (κ1) is 20.1. The molecular weight excluding hydrogens is 380 g/mol. The van der Waals surface area contributed by atoms with Crippen LogP contribution in [0.25, 0.3) is 0 Å². The van der Waals surface area contributed by atoms with Crippen LogP contribution < -0.4 is 11.1 Å². The highest BCUT2D eigenvalue weighted by atomic mass is 35.5. The topological polar surface area (TPSA) is 63.8 Å². The van der Waals surface area contributed by atoms with Gasteiger partial charge in [-0.2, -0.15) is 0 Å². The van der Waals surface area contributed by atoms with Gasteiger partial charge in [0, 0.05) is 28.6 Å². The molecule has 0 aromatic carbocycles. The Morgan fingerprint density at radius 3 is 2.72 bits per heavy atom. The van der Waals surface area contributed by atoms with Crippen molar-refractivity contribution in [1.82, 2.24) is 9.97 Å². The summed E-state index contributed by atoms with van der Waals surface area (Å²) in [6.45, 7) is 4.42. The average Bonchev–Trinajstić information content (AvgIpc) is 3.40. The Morgan fingerprint density at radius 2 is 2.03 bits per heavy atom. The molecule has 0 spiro atoms. The van der Waals surface area contributed by atoms with Crippen molar-refractivity contribution < 1.29 is 0 Å². The Balaban J connectivity index is 1.69. The monoisotopic (exact) mass is 408 g/mol. The van der Waals surface area contributed by atoms with Gasteiger partial charge in [0.1, 0.15) is 11.0 Å². The van der Waals surface area contributed by atoms with Crippen LogP contribution >= 0.6 is 11.6 Å². The van der Waals surface area contributed by atoms with Crippen molar-refractivity contribution in [2.75, 3.05) is 5.32 Å². The molecule has 0 aliphatic heterocycles. The van der Waals surface area contributed by atoms with Crippen molar-refractivity contribution in [3.05, 3.63) is 70.2 Å². The zero-order valence-electron chi connectivity index (χ0n) is 17.2. The minimum atomic E-state index is -0.248. The summed E-state index contributed by atoms with van der Waals surface area (Å²) < 4.78 is 0. The van der Waals surface area contributed by atoms with Crippen molar-refractivity contribution in [2.24, 2.45) is 5.73 Å². The van der Waals surface area contributed by atoms with Gasteiger partial charge in [-0.15, -0.1) is 0 Å². The van der Waals surface area contributed by atoms with Gasteiger partial charge in [0.25, 0.3) is 0 Å². The lowest BCUT2D eigenvalue weighted by atomic mass is 9.79. The molecule has 3 N–H and O–H groups in total. The van der Waals surface area contributed by atoms with Gasteiger partial charge in [0.05, 0.1) is 6.04 Å². The fourth-order valence-electron chi connectivity index (χ4n) is 4.67. The molecule has 0 saturated heterocycles. The molecule has 2 aromatic heterocycles. The number of nitrogens with one attached hydrogen (secondary N) is 1. The van der Waals surface area contributed by atoms with Crippen LogP contribution in [0.1, 0.15) is 68.3 Å². The number of hydrogen-bond donors (Lipinski definition) is 2. The molecule has 2 heterocycles. The van der Waals surface area contributed by atoms with E-state index < -0.39 is 0 Å². The summed E-state index contributed by atoms with van der Waals surface area (Å²) in [4.78, 5) is 9.31. The molecule has 1 atom stereocenters. The molecule has 1 unspecified atom stereocenters. The van der Waals surface area contributed by atoms with Crippen LogP contribution in [0, 0.1) is 6.92 Å². The van der Waals surface area contributed by atoms with E-state index in [1.54, 1.807) is 6.20 Å². The molecule has 2 aromatic rings. The number of aryl methyl sites for hydroxylation is 1. The van der Waals surface area contributed by atoms with Crippen LogP contribution in [0.5, 0.6) is 0 Å². The van der Waals surface area contributed by atoms with E-state index in [4.69, 9.17) is 22.3 Å². The first-order valence-corrected chi connectivity index (χ1v) is 10.9. The summed E-state index contributed by atoms with van der Waals surface area (Å²) in [5.41, 5.74) is 12.0. The number of anilines is 2. The maximum Gasteiger partial charge on any atom is 0.131 e. The zero-order valence-corrected chi connectivity index (χ0v) is 18.0. The molecule has 4 rings (SSSR count). The van der Waals surface area contributed by atoms with Gasteiger partial charge in [-0.25, -0.2) is 9.97 Å². The summed E-state index contributed by atoms with van der Waals surface area (Å²) in [5.74, 6) is 0.839. The Morgan fingerprint density at radius 1 is 1.24 bits per heavy atom. The number of halogens is 1. The third-order valence-corrected chi connectivity index (χ3v) is 6.62. The van der Waals surface area contributed by atoms with Gasteiger partial charge >= 0.3 is 0 Å². The predicted molar refractivity (Wildman–Crippen MR) is 121 cm³/mol. The van der Waals surface area contributed by atoms with Gasteiger partial charge in [0.15, 0.2) is 0 Å². The number of aromatic nitrogens is 2. The van der Waals surface area contributed by atoms with E-state index in [0.29, 0.717) is 5.15 Å². The second-order valence-electron chi connectivity index (χ2n) is 8.30. The highest BCUT2D eigenvalue weighted by Gasteiger charge is 2.35. The van der Waals surface area contributed by atoms with Crippen LogP contribution in [0.2, 0.25) is 5.15 Å². The number of pyridine rings is 2.